The Bertz CT molecular complexity index is 554. The molecule has 1 unspecified atom stereocenters. The maximum Gasteiger partial charge on any atom is 0.121 e. The Morgan fingerprint density at radius 3 is 2.39 bits per heavy atom. The highest BCUT2D eigenvalue weighted by molar-refractivity contribution is 5.51. The van der Waals surface area contributed by atoms with Crippen LogP contribution in [0.4, 0.5) is 5.69 Å². The molecule has 0 saturated carbocycles. The van der Waals surface area contributed by atoms with Gasteiger partial charge in [-0.2, -0.15) is 0 Å². The Morgan fingerprint density at radius 1 is 0.944 bits per heavy atom. The quantitative estimate of drug-likeness (QED) is 0.627. The number of rotatable bonds is 3. The van der Waals surface area contributed by atoms with Crippen molar-refractivity contribution < 1.29 is 15.3 Å². The number of hydrogen-bond acceptors (Lipinski definition) is 4. The average molecular weight is 245 g/mol. The maximum atomic E-state index is 9.74. The molecule has 2 rings (SSSR count). The van der Waals surface area contributed by atoms with Gasteiger partial charge in [-0.1, -0.05) is 6.07 Å². The number of aromatic hydroxyl groups is 3. The van der Waals surface area contributed by atoms with Gasteiger partial charge in [-0.25, -0.2) is 0 Å². The van der Waals surface area contributed by atoms with Gasteiger partial charge in [-0.05, 0) is 37.3 Å². The lowest BCUT2D eigenvalue weighted by Crippen LogP contribution is -2.06. The Morgan fingerprint density at radius 2 is 1.67 bits per heavy atom. The molecule has 0 aromatic heterocycles. The van der Waals surface area contributed by atoms with Gasteiger partial charge >= 0.3 is 0 Å². The van der Waals surface area contributed by atoms with E-state index in [1.807, 2.05) is 13.0 Å². The predicted octanol–water partition coefficient (Wildman–Crippen LogP) is 2.98. The molecule has 0 fully saturated rings. The minimum atomic E-state index is -0.195. The van der Waals surface area contributed by atoms with Crippen LogP contribution < -0.4 is 5.32 Å². The summed E-state index contributed by atoms with van der Waals surface area (Å²) >= 11 is 0. The monoisotopic (exact) mass is 245 g/mol. The second kappa shape index (κ2) is 4.87. The highest BCUT2D eigenvalue weighted by Crippen LogP contribution is 2.30. The summed E-state index contributed by atoms with van der Waals surface area (Å²) in [7, 11) is 0. The van der Waals surface area contributed by atoms with E-state index in [9.17, 15) is 15.3 Å². The van der Waals surface area contributed by atoms with E-state index >= 15 is 0 Å². The van der Waals surface area contributed by atoms with E-state index in [0.717, 1.165) is 5.69 Å². The molecule has 0 aliphatic heterocycles. The van der Waals surface area contributed by atoms with Crippen molar-refractivity contribution in [3.8, 4) is 17.2 Å². The first kappa shape index (κ1) is 12.1. The minimum absolute atomic E-state index is 0.104. The van der Waals surface area contributed by atoms with Crippen molar-refractivity contribution in [2.75, 3.05) is 5.32 Å². The summed E-state index contributed by atoms with van der Waals surface area (Å²) in [4.78, 5) is 0. The van der Waals surface area contributed by atoms with E-state index in [0.29, 0.717) is 5.56 Å². The van der Waals surface area contributed by atoms with E-state index in [1.165, 1.54) is 18.2 Å². The van der Waals surface area contributed by atoms with Crippen LogP contribution in [0.3, 0.4) is 0 Å². The molecule has 2 aromatic rings. The van der Waals surface area contributed by atoms with Gasteiger partial charge in [0.05, 0.1) is 6.04 Å². The van der Waals surface area contributed by atoms with Gasteiger partial charge in [-0.15, -0.1) is 0 Å². The van der Waals surface area contributed by atoms with Crippen LogP contribution in [-0.4, -0.2) is 15.3 Å². The normalized spacial score (nSPS) is 12.1. The van der Waals surface area contributed by atoms with Crippen LogP contribution in [-0.2, 0) is 0 Å². The third-order valence-electron chi connectivity index (χ3n) is 2.71. The van der Waals surface area contributed by atoms with Gasteiger partial charge in [0.15, 0.2) is 0 Å². The lowest BCUT2D eigenvalue weighted by Gasteiger charge is -2.17. The van der Waals surface area contributed by atoms with Crippen molar-refractivity contribution in [1.29, 1.82) is 0 Å². The van der Waals surface area contributed by atoms with Crippen molar-refractivity contribution in [3.63, 3.8) is 0 Å². The Hall–Kier alpha value is -2.36. The van der Waals surface area contributed by atoms with Crippen molar-refractivity contribution in [1.82, 2.24) is 0 Å². The smallest absolute Gasteiger partial charge is 0.121 e. The average Bonchev–Trinajstić information content (AvgIpc) is 2.32. The zero-order valence-corrected chi connectivity index (χ0v) is 9.96. The topological polar surface area (TPSA) is 72.7 Å². The molecule has 0 spiro atoms. The summed E-state index contributed by atoms with van der Waals surface area (Å²) in [6.45, 7) is 1.86. The molecule has 0 aliphatic carbocycles. The van der Waals surface area contributed by atoms with Gasteiger partial charge < -0.3 is 20.6 Å². The van der Waals surface area contributed by atoms with Crippen LogP contribution in [0.2, 0.25) is 0 Å². The van der Waals surface area contributed by atoms with Crippen molar-refractivity contribution in [2.24, 2.45) is 0 Å². The minimum Gasteiger partial charge on any atom is -0.508 e. The fourth-order valence-corrected chi connectivity index (χ4v) is 1.81. The van der Waals surface area contributed by atoms with Crippen LogP contribution in [0.1, 0.15) is 18.5 Å². The molecule has 18 heavy (non-hydrogen) atoms. The number of phenolic OH excluding ortho intramolecular Hbond substituents is 3. The molecule has 0 bridgehead atoms. The molecule has 0 saturated heterocycles. The molecular weight excluding hydrogens is 230 g/mol. The summed E-state index contributed by atoms with van der Waals surface area (Å²) < 4.78 is 0. The molecule has 4 N–H and O–H groups in total. The predicted molar refractivity (Wildman–Crippen MR) is 69.9 cm³/mol. The summed E-state index contributed by atoms with van der Waals surface area (Å²) in [5.74, 6) is 0.396. The molecule has 1 atom stereocenters. The number of benzene rings is 2. The van der Waals surface area contributed by atoms with E-state index in [2.05, 4.69) is 5.32 Å². The lowest BCUT2D eigenvalue weighted by molar-refractivity contribution is 0.451. The SMILES string of the molecule is CC(Nc1cccc(O)c1)c1cc(O)ccc1O. The Balaban J connectivity index is 2.21. The number of phenols is 3. The van der Waals surface area contributed by atoms with Gasteiger partial charge in [-0.3, -0.25) is 0 Å². The van der Waals surface area contributed by atoms with Crippen molar-refractivity contribution >= 4 is 5.69 Å². The van der Waals surface area contributed by atoms with E-state index in [4.69, 9.17) is 0 Å². The standard InChI is InChI=1S/C14H15NO3/c1-9(13-8-12(17)5-6-14(13)18)15-10-3-2-4-11(16)7-10/h2-9,15-18H,1H3. The third kappa shape index (κ3) is 2.66. The molecule has 0 aliphatic rings. The van der Waals surface area contributed by atoms with Crippen LogP contribution >= 0.6 is 0 Å². The largest absolute Gasteiger partial charge is 0.508 e. The summed E-state index contributed by atoms with van der Waals surface area (Å²) in [6, 6.07) is 10.9. The molecule has 2 aromatic carbocycles. The summed E-state index contributed by atoms with van der Waals surface area (Å²) in [5, 5.41) is 31.7. The van der Waals surface area contributed by atoms with Crippen LogP contribution in [0.15, 0.2) is 42.5 Å². The van der Waals surface area contributed by atoms with Gasteiger partial charge in [0.25, 0.3) is 0 Å². The molecule has 4 heteroatoms. The Kier molecular flexibility index (Phi) is 3.28. The van der Waals surface area contributed by atoms with E-state index in [-0.39, 0.29) is 23.3 Å². The van der Waals surface area contributed by atoms with E-state index in [1.54, 1.807) is 18.2 Å². The Labute approximate surface area is 105 Å². The van der Waals surface area contributed by atoms with Crippen LogP contribution in [0, 0.1) is 0 Å². The van der Waals surface area contributed by atoms with Crippen molar-refractivity contribution in [2.45, 2.75) is 13.0 Å². The number of hydrogen-bond donors (Lipinski definition) is 4. The summed E-state index contributed by atoms with van der Waals surface area (Å²) in [6.07, 6.45) is 0. The fraction of sp³-hybridized carbons (Fsp3) is 0.143. The molecule has 0 amide bonds. The first-order valence-electron chi connectivity index (χ1n) is 5.63. The first-order valence-corrected chi connectivity index (χ1v) is 5.63. The van der Waals surface area contributed by atoms with Crippen molar-refractivity contribution in [3.05, 3.63) is 48.0 Å². The molecule has 0 heterocycles. The van der Waals surface area contributed by atoms with Gasteiger partial charge in [0, 0.05) is 17.3 Å². The lowest BCUT2D eigenvalue weighted by atomic mass is 10.1. The van der Waals surface area contributed by atoms with Crippen LogP contribution in [0.5, 0.6) is 17.2 Å². The molecule has 94 valence electrons. The molecular formula is C14H15NO3. The first-order chi connectivity index (χ1) is 8.56. The number of anilines is 1. The molecule has 0 radical (unpaired) electrons. The maximum absolute atomic E-state index is 9.74. The summed E-state index contributed by atoms with van der Waals surface area (Å²) in [5.41, 5.74) is 1.34. The molecule has 4 nitrogen and oxygen atoms in total. The fourth-order valence-electron chi connectivity index (χ4n) is 1.81. The zero-order valence-electron chi connectivity index (χ0n) is 9.96. The highest BCUT2D eigenvalue weighted by atomic mass is 16.3. The second-order valence-corrected chi connectivity index (χ2v) is 4.16. The highest BCUT2D eigenvalue weighted by Gasteiger charge is 2.11. The van der Waals surface area contributed by atoms with Gasteiger partial charge in [0.1, 0.15) is 17.2 Å². The zero-order chi connectivity index (χ0) is 13.1. The van der Waals surface area contributed by atoms with Crippen LogP contribution in [0.25, 0.3) is 0 Å². The van der Waals surface area contributed by atoms with Gasteiger partial charge in [0.2, 0.25) is 0 Å². The number of nitrogens with one attached hydrogen (secondary N) is 1. The second-order valence-electron chi connectivity index (χ2n) is 4.16. The van der Waals surface area contributed by atoms with E-state index < -0.39 is 0 Å². The third-order valence-corrected chi connectivity index (χ3v) is 2.71.